The maximum Gasteiger partial charge on any atom is 0.224 e. The van der Waals surface area contributed by atoms with E-state index in [0.717, 1.165) is 24.8 Å². The molecule has 2 rings (SSSR count). The van der Waals surface area contributed by atoms with Gasteiger partial charge in [0.15, 0.2) is 0 Å². The van der Waals surface area contributed by atoms with Gasteiger partial charge >= 0.3 is 0 Å². The minimum absolute atomic E-state index is 0.0340. The Morgan fingerprint density at radius 3 is 2.70 bits per heavy atom. The zero-order chi connectivity index (χ0) is 14.5. The molecule has 1 amide bonds. The van der Waals surface area contributed by atoms with E-state index in [9.17, 15) is 4.79 Å². The number of nitrogens with one attached hydrogen (secondary N) is 1. The summed E-state index contributed by atoms with van der Waals surface area (Å²) in [6.07, 6.45) is 3.29. The first-order valence-corrected chi connectivity index (χ1v) is 7.44. The van der Waals surface area contributed by atoms with E-state index in [2.05, 4.69) is 5.32 Å². The monoisotopic (exact) mass is 275 g/mol. The average molecular weight is 275 g/mol. The highest BCUT2D eigenvalue weighted by atomic mass is 16.2. The molecule has 4 heteroatoms. The normalized spacial score (nSPS) is 25.1. The predicted molar refractivity (Wildman–Crippen MR) is 80.9 cm³/mol. The second-order valence-corrected chi connectivity index (χ2v) is 5.77. The van der Waals surface area contributed by atoms with Crippen LogP contribution in [0.4, 0.5) is 0 Å². The summed E-state index contributed by atoms with van der Waals surface area (Å²) in [5.74, 6) is 0.210. The Kier molecular flexibility index (Phi) is 5.15. The highest BCUT2D eigenvalue weighted by Crippen LogP contribution is 2.26. The van der Waals surface area contributed by atoms with Crippen LogP contribution < -0.4 is 16.8 Å². The van der Waals surface area contributed by atoms with Crippen molar-refractivity contribution in [3.05, 3.63) is 35.9 Å². The SMILES string of the molecule is CC(C(=O)NC1CCCC1CN)C(N)c1ccccc1. The lowest BCUT2D eigenvalue weighted by Gasteiger charge is -2.24. The third kappa shape index (κ3) is 3.38. The van der Waals surface area contributed by atoms with Crippen LogP contribution in [0.15, 0.2) is 30.3 Å². The molecule has 1 aliphatic carbocycles. The molecule has 0 saturated heterocycles. The lowest BCUT2D eigenvalue weighted by molar-refractivity contribution is -0.126. The van der Waals surface area contributed by atoms with Gasteiger partial charge in [-0.3, -0.25) is 4.79 Å². The van der Waals surface area contributed by atoms with Crippen LogP contribution >= 0.6 is 0 Å². The van der Waals surface area contributed by atoms with E-state index in [1.165, 1.54) is 0 Å². The van der Waals surface area contributed by atoms with Gasteiger partial charge in [0.05, 0.1) is 5.92 Å². The van der Waals surface area contributed by atoms with Gasteiger partial charge in [-0.25, -0.2) is 0 Å². The second-order valence-electron chi connectivity index (χ2n) is 5.77. The number of amides is 1. The lowest BCUT2D eigenvalue weighted by atomic mass is 9.94. The van der Waals surface area contributed by atoms with E-state index in [-0.39, 0.29) is 23.9 Å². The van der Waals surface area contributed by atoms with Crippen molar-refractivity contribution in [2.75, 3.05) is 6.54 Å². The fraction of sp³-hybridized carbons (Fsp3) is 0.562. The maximum atomic E-state index is 12.3. The van der Waals surface area contributed by atoms with Crippen LogP contribution in [0.25, 0.3) is 0 Å². The summed E-state index contributed by atoms with van der Waals surface area (Å²) < 4.78 is 0. The Balaban J connectivity index is 1.95. The van der Waals surface area contributed by atoms with Gasteiger partial charge in [-0.2, -0.15) is 0 Å². The van der Waals surface area contributed by atoms with Crippen LogP contribution in [0.1, 0.15) is 37.8 Å². The Morgan fingerprint density at radius 1 is 1.35 bits per heavy atom. The van der Waals surface area contributed by atoms with Crippen LogP contribution in [-0.2, 0) is 4.79 Å². The standard InChI is InChI=1S/C16H25N3O/c1-11(15(18)12-6-3-2-4-7-12)16(20)19-14-9-5-8-13(14)10-17/h2-4,6-7,11,13-15H,5,8-10,17-18H2,1H3,(H,19,20). The third-order valence-corrected chi connectivity index (χ3v) is 4.43. The smallest absolute Gasteiger partial charge is 0.224 e. The average Bonchev–Trinajstić information content (AvgIpc) is 2.93. The molecule has 0 bridgehead atoms. The van der Waals surface area contributed by atoms with Crippen molar-refractivity contribution in [1.29, 1.82) is 0 Å². The predicted octanol–water partition coefficient (Wildman–Crippen LogP) is 1.57. The van der Waals surface area contributed by atoms with Gasteiger partial charge in [0.1, 0.15) is 0 Å². The summed E-state index contributed by atoms with van der Waals surface area (Å²) in [5, 5.41) is 3.13. The Bertz CT molecular complexity index is 435. The van der Waals surface area contributed by atoms with E-state index in [0.29, 0.717) is 12.5 Å². The largest absolute Gasteiger partial charge is 0.353 e. The van der Waals surface area contributed by atoms with Crippen molar-refractivity contribution >= 4 is 5.91 Å². The molecular weight excluding hydrogens is 250 g/mol. The molecule has 5 N–H and O–H groups in total. The first-order chi connectivity index (χ1) is 9.63. The summed E-state index contributed by atoms with van der Waals surface area (Å²) in [4.78, 5) is 12.3. The summed E-state index contributed by atoms with van der Waals surface area (Å²) in [7, 11) is 0. The van der Waals surface area contributed by atoms with Crippen LogP contribution in [0.3, 0.4) is 0 Å². The van der Waals surface area contributed by atoms with E-state index in [4.69, 9.17) is 11.5 Å². The maximum absolute atomic E-state index is 12.3. The summed E-state index contributed by atoms with van der Waals surface area (Å²) in [6, 6.07) is 9.72. The minimum Gasteiger partial charge on any atom is -0.353 e. The molecule has 4 unspecified atom stereocenters. The quantitative estimate of drug-likeness (QED) is 0.763. The molecule has 20 heavy (non-hydrogen) atoms. The van der Waals surface area contributed by atoms with Crippen molar-refractivity contribution in [2.45, 2.75) is 38.3 Å². The Hall–Kier alpha value is -1.39. The number of rotatable bonds is 5. The number of nitrogens with two attached hydrogens (primary N) is 2. The Labute approximate surface area is 120 Å². The van der Waals surface area contributed by atoms with Gasteiger partial charge in [0, 0.05) is 12.1 Å². The van der Waals surface area contributed by atoms with Gasteiger partial charge in [-0.1, -0.05) is 43.7 Å². The molecule has 110 valence electrons. The summed E-state index contributed by atoms with van der Waals surface area (Å²) >= 11 is 0. The molecule has 1 saturated carbocycles. The zero-order valence-electron chi connectivity index (χ0n) is 12.1. The van der Waals surface area contributed by atoms with E-state index in [1.54, 1.807) is 0 Å². The molecule has 1 aliphatic rings. The van der Waals surface area contributed by atoms with Crippen molar-refractivity contribution in [1.82, 2.24) is 5.32 Å². The van der Waals surface area contributed by atoms with Gasteiger partial charge in [-0.15, -0.1) is 0 Å². The molecule has 4 atom stereocenters. The molecule has 0 heterocycles. The highest BCUT2D eigenvalue weighted by Gasteiger charge is 2.30. The fourth-order valence-corrected chi connectivity index (χ4v) is 2.95. The van der Waals surface area contributed by atoms with Crippen LogP contribution in [0.5, 0.6) is 0 Å². The molecule has 0 aliphatic heterocycles. The summed E-state index contributed by atoms with van der Waals surface area (Å²) in [6.45, 7) is 2.53. The van der Waals surface area contributed by atoms with Gasteiger partial charge < -0.3 is 16.8 Å². The number of hydrogen-bond acceptors (Lipinski definition) is 3. The first kappa shape index (κ1) is 15.0. The van der Waals surface area contributed by atoms with E-state index in [1.807, 2.05) is 37.3 Å². The number of hydrogen-bond donors (Lipinski definition) is 3. The van der Waals surface area contributed by atoms with Crippen molar-refractivity contribution in [2.24, 2.45) is 23.3 Å². The van der Waals surface area contributed by atoms with Gasteiger partial charge in [-0.05, 0) is 30.9 Å². The molecule has 0 aromatic heterocycles. The Morgan fingerprint density at radius 2 is 2.05 bits per heavy atom. The highest BCUT2D eigenvalue weighted by molar-refractivity contribution is 5.79. The third-order valence-electron chi connectivity index (χ3n) is 4.43. The van der Waals surface area contributed by atoms with Gasteiger partial charge in [0.25, 0.3) is 0 Å². The first-order valence-electron chi connectivity index (χ1n) is 7.44. The van der Waals surface area contributed by atoms with Crippen LogP contribution in [-0.4, -0.2) is 18.5 Å². The van der Waals surface area contributed by atoms with Gasteiger partial charge in [0.2, 0.25) is 5.91 Å². The molecule has 0 radical (unpaired) electrons. The number of carbonyl (C=O) groups excluding carboxylic acids is 1. The molecule has 4 nitrogen and oxygen atoms in total. The minimum atomic E-state index is -0.270. The van der Waals surface area contributed by atoms with Crippen molar-refractivity contribution in [3.8, 4) is 0 Å². The van der Waals surface area contributed by atoms with Crippen molar-refractivity contribution < 1.29 is 4.79 Å². The molecule has 1 aromatic rings. The van der Waals surface area contributed by atoms with Crippen molar-refractivity contribution in [3.63, 3.8) is 0 Å². The summed E-state index contributed by atoms with van der Waals surface area (Å²) in [5.41, 5.74) is 12.9. The van der Waals surface area contributed by atoms with Crippen LogP contribution in [0.2, 0.25) is 0 Å². The fourth-order valence-electron chi connectivity index (χ4n) is 2.95. The molecule has 1 aromatic carbocycles. The van der Waals surface area contributed by atoms with E-state index < -0.39 is 0 Å². The number of benzene rings is 1. The van der Waals surface area contributed by atoms with Crippen LogP contribution in [0, 0.1) is 11.8 Å². The topological polar surface area (TPSA) is 81.1 Å². The second kappa shape index (κ2) is 6.86. The zero-order valence-corrected chi connectivity index (χ0v) is 12.1. The molecular formula is C16H25N3O. The lowest BCUT2D eigenvalue weighted by Crippen LogP contribution is -2.44. The number of carbonyl (C=O) groups is 1. The molecule has 0 spiro atoms. The molecule has 1 fully saturated rings. The van der Waals surface area contributed by atoms with E-state index >= 15 is 0 Å².